The molecule has 8 nitrogen and oxygen atoms in total. The van der Waals surface area contributed by atoms with E-state index in [1.165, 1.54) is 42.5 Å². The summed E-state index contributed by atoms with van der Waals surface area (Å²) in [4.78, 5) is 31.0. The van der Waals surface area contributed by atoms with Crippen molar-refractivity contribution in [2.24, 2.45) is 5.41 Å². The zero-order valence-electron chi connectivity index (χ0n) is 24.0. The van der Waals surface area contributed by atoms with Crippen LogP contribution < -0.4 is 15.4 Å². The third-order valence-electron chi connectivity index (χ3n) is 7.18. The number of amides is 2. The standard InChI is InChI=1S/C33H30ClF2N5O3/c1-41(2)19-20-3-9-26(34)25(17-20)24-12-16-38-30(24)29(11-15-37)44-28-10-8-23(18-27(28)36)40-32(43)33(13-14-33)31(42)39-22-6-4-21(35)5-7-22/h3-12,15-18,37-38H,13-14,19H2,1-2H3,(H,39,42)(H,40,43)/b29-11+,37-15?. The van der Waals surface area contributed by atoms with E-state index < -0.39 is 28.9 Å². The van der Waals surface area contributed by atoms with Gasteiger partial charge in [-0.05, 0) is 87.1 Å². The summed E-state index contributed by atoms with van der Waals surface area (Å²) in [5, 5.41) is 13.4. The van der Waals surface area contributed by atoms with E-state index in [2.05, 4.69) is 15.6 Å². The molecular formula is C33H30ClF2N5O3. The van der Waals surface area contributed by atoms with Crippen molar-refractivity contribution < 1.29 is 23.1 Å². The van der Waals surface area contributed by atoms with E-state index in [-0.39, 0.29) is 17.2 Å². The van der Waals surface area contributed by atoms with Crippen LogP contribution in [0.5, 0.6) is 5.75 Å². The molecule has 1 saturated carbocycles. The van der Waals surface area contributed by atoms with Crippen molar-refractivity contribution in [3.05, 3.63) is 107 Å². The number of ether oxygens (including phenoxy) is 1. The lowest BCUT2D eigenvalue weighted by atomic mass is 10.0. The van der Waals surface area contributed by atoms with E-state index in [1.54, 1.807) is 6.20 Å². The molecule has 1 aromatic heterocycles. The second-order valence-electron chi connectivity index (χ2n) is 10.8. The summed E-state index contributed by atoms with van der Waals surface area (Å²) in [5.74, 6) is -2.26. The van der Waals surface area contributed by atoms with Crippen LogP contribution in [0.4, 0.5) is 20.2 Å². The fraction of sp³-hybridized carbons (Fsp3) is 0.182. The molecule has 2 amide bonds. The number of anilines is 2. The molecule has 1 aliphatic rings. The molecular weight excluding hydrogens is 588 g/mol. The van der Waals surface area contributed by atoms with Gasteiger partial charge in [0.2, 0.25) is 11.8 Å². The van der Waals surface area contributed by atoms with Crippen molar-refractivity contribution in [1.29, 1.82) is 5.41 Å². The van der Waals surface area contributed by atoms with Crippen molar-refractivity contribution in [1.82, 2.24) is 9.88 Å². The van der Waals surface area contributed by atoms with Crippen LogP contribution in [0.3, 0.4) is 0 Å². The molecule has 44 heavy (non-hydrogen) atoms. The number of rotatable bonds is 11. The number of carbonyl (C=O) groups is 2. The van der Waals surface area contributed by atoms with Gasteiger partial charge in [-0.15, -0.1) is 0 Å². The van der Waals surface area contributed by atoms with Crippen LogP contribution in [0.1, 0.15) is 24.1 Å². The maximum atomic E-state index is 15.3. The predicted octanol–water partition coefficient (Wildman–Crippen LogP) is 7.10. The summed E-state index contributed by atoms with van der Waals surface area (Å²) in [5.41, 5.74) is 2.21. The molecule has 3 aromatic carbocycles. The predicted molar refractivity (Wildman–Crippen MR) is 168 cm³/mol. The van der Waals surface area contributed by atoms with Crippen LogP contribution in [0.25, 0.3) is 16.9 Å². The van der Waals surface area contributed by atoms with E-state index in [0.717, 1.165) is 23.4 Å². The molecule has 0 spiro atoms. The van der Waals surface area contributed by atoms with Crippen molar-refractivity contribution in [3.8, 4) is 16.9 Å². The number of nitrogens with zero attached hydrogens (tertiary/aromatic N) is 1. The third kappa shape index (κ3) is 6.72. The van der Waals surface area contributed by atoms with Gasteiger partial charge in [0.1, 0.15) is 11.2 Å². The Kier molecular flexibility index (Phi) is 8.93. The average molecular weight is 618 g/mol. The molecule has 4 aromatic rings. The first-order valence-electron chi connectivity index (χ1n) is 13.8. The van der Waals surface area contributed by atoms with Gasteiger partial charge >= 0.3 is 0 Å². The van der Waals surface area contributed by atoms with Crippen molar-refractivity contribution in [2.45, 2.75) is 19.4 Å². The largest absolute Gasteiger partial charge is 0.452 e. The number of benzene rings is 3. The molecule has 1 aliphatic carbocycles. The zero-order valence-corrected chi connectivity index (χ0v) is 24.8. The quantitative estimate of drug-likeness (QED) is 0.0817. The molecule has 0 aliphatic heterocycles. The van der Waals surface area contributed by atoms with E-state index in [0.29, 0.717) is 41.4 Å². The van der Waals surface area contributed by atoms with Crippen LogP contribution >= 0.6 is 11.6 Å². The lowest BCUT2D eigenvalue weighted by molar-refractivity contribution is -0.131. The Hall–Kier alpha value is -4.80. The molecule has 0 saturated heterocycles. The molecule has 0 unspecified atom stereocenters. The average Bonchev–Trinajstić information content (AvgIpc) is 3.67. The van der Waals surface area contributed by atoms with Gasteiger partial charge in [0.25, 0.3) is 0 Å². The number of allylic oxidation sites excluding steroid dienone is 1. The van der Waals surface area contributed by atoms with Gasteiger partial charge in [-0.2, -0.15) is 0 Å². The molecule has 226 valence electrons. The Morgan fingerprint density at radius 2 is 1.66 bits per heavy atom. The number of H-pyrrole nitrogens is 1. The van der Waals surface area contributed by atoms with Crippen LogP contribution in [0, 0.1) is 22.5 Å². The van der Waals surface area contributed by atoms with Gasteiger partial charge in [0.15, 0.2) is 17.3 Å². The SMILES string of the molecule is CN(C)Cc1ccc(Cl)c(-c2cc[nH]c2/C(=C\C=N)Oc2ccc(NC(=O)C3(C(=O)Nc4ccc(F)cc4)CC3)cc2F)c1. The summed E-state index contributed by atoms with van der Waals surface area (Å²) in [6.07, 6.45) is 4.78. The highest BCUT2D eigenvalue weighted by Gasteiger charge is 2.56. The van der Waals surface area contributed by atoms with E-state index in [1.807, 2.05) is 43.3 Å². The first kappa shape index (κ1) is 30.7. The first-order valence-corrected chi connectivity index (χ1v) is 14.2. The third-order valence-corrected chi connectivity index (χ3v) is 7.51. The second-order valence-corrected chi connectivity index (χ2v) is 11.2. The number of nitrogens with one attached hydrogen (secondary N) is 4. The highest BCUT2D eigenvalue weighted by molar-refractivity contribution is 6.33. The number of halogens is 3. The minimum atomic E-state index is -1.30. The molecule has 0 bridgehead atoms. The van der Waals surface area contributed by atoms with Crippen molar-refractivity contribution in [2.75, 3.05) is 24.7 Å². The molecule has 5 rings (SSSR count). The smallest absolute Gasteiger partial charge is 0.240 e. The molecule has 0 atom stereocenters. The maximum Gasteiger partial charge on any atom is 0.240 e. The van der Waals surface area contributed by atoms with Crippen LogP contribution in [0.2, 0.25) is 5.02 Å². The number of hydrogen-bond donors (Lipinski definition) is 4. The summed E-state index contributed by atoms with van der Waals surface area (Å²) < 4.78 is 34.4. The zero-order chi connectivity index (χ0) is 31.4. The Morgan fingerprint density at radius 3 is 2.30 bits per heavy atom. The maximum absolute atomic E-state index is 15.3. The fourth-order valence-corrected chi connectivity index (χ4v) is 5.00. The van der Waals surface area contributed by atoms with Crippen molar-refractivity contribution >= 4 is 46.8 Å². The van der Waals surface area contributed by atoms with Gasteiger partial charge in [0, 0.05) is 58.6 Å². The highest BCUT2D eigenvalue weighted by Crippen LogP contribution is 2.47. The van der Waals surface area contributed by atoms with Gasteiger partial charge < -0.3 is 30.7 Å². The monoisotopic (exact) mass is 617 g/mol. The van der Waals surface area contributed by atoms with Crippen molar-refractivity contribution in [3.63, 3.8) is 0 Å². The summed E-state index contributed by atoms with van der Waals surface area (Å²) in [6, 6.07) is 16.7. The number of aromatic amines is 1. The van der Waals surface area contributed by atoms with Crippen LogP contribution in [-0.4, -0.2) is 42.0 Å². The van der Waals surface area contributed by atoms with E-state index in [4.69, 9.17) is 21.7 Å². The number of aromatic nitrogens is 1. The summed E-state index contributed by atoms with van der Waals surface area (Å²) in [6.45, 7) is 0.706. The lowest BCUT2D eigenvalue weighted by Crippen LogP contribution is -2.35. The highest BCUT2D eigenvalue weighted by atomic mass is 35.5. The normalized spacial score (nSPS) is 13.8. The summed E-state index contributed by atoms with van der Waals surface area (Å²) >= 11 is 6.56. The molecule has 11 heteroatoms. The van der Waals surface area contributed by atoms with Gasteiger partial charge in [-0.1, -0.05) is 17.7 Å². The topological polar surface area (TPSA) is 110 Å². The minimum Gasteiger partial charge on any atom is -0.452 e. The lowest BCUT2D eigenvalue weighted by Gasteiger charge is -2.17. The van der Waals surface area contributed by atoms with Gasteiger partial charge in [0.05, 0.1) is 5.69 Å². The van der Waals surface area contributed by atoms with Gasteiger partial charge in [-0.3, -0.25) is 9.59 Å². The Morgan fingerprint density at radius 1 is 0.977 bits per heavy atom. The van der Waals surface area contributed by atoms with Crippen LogP contribution in [-0.2, 0) is 16.1 Å². The number of hydrogen-bond acceptors (Lipinski definition) is 5. The molecule has 1 fully saturated rings. The Labute approximate surface area is 258 Å². The van der Waals surface area contributed by atoms with E-state index >= 15 is 4.39 Å². The summed E-state index contributed by atoms with van der Waals surface area (Å²) in [7, 11) is 3.94. The Balaban J connectivity index is 1.32. The first-order chi connectivity index (χ1) is 21.1. The Bertz CT molecular complexity index is 1750. The molecule has 0 radical (unpaired) electrons. The second kappa shape index (κ2) is 12.8. The van der Waals surface area contributed by atoms with Gasteiger partial charge in [-0.25, -0.2) is 8.78 Å². The molecule has 1 heterocycles. The van der Waals surface area contributed by atoms with Crippen LogP contribution in [0.15, 0.2) is 79.0 Å². The van der Waals surface area contributed by atoms with E-state index in [9.17, 15) is 14.0 Å². The number of carbonyl (C=O) groups excluding carboxylic acids is 2. The molecule has 4 N–H and O–H groups in total. The fourth-order valence-electron chi connectivity index (χ4n) is 4.78. The minimum absolute atomic E-state index is 0.140.